The Morgan fingerprint density at radius 2 is 2.00 bits per heavy atom. The number of halogens is 2. The van der Waals surface area contributed by atoms with E-state index in [0.29, 0.717) is 5.03 Å². The third-order valence-corrected chi connectivity index (χ3v) is 4.79. The second kappa shape index (κ2) is 6.72. The van der Waals surface area contributed by atoms with Crippen molar-refractivity contribution in [1.82, 2.24) is 15.0 Å². The number of aromatic amines is 1. The Bertz CT molecular complexity index is 1130. The predicted molar refractivity (Wildman–Crippen MR) is 97.1 cm³/mol. The number of amides is 1. The summed E-state index contributed by atoms with van der Waals surface area (Å²) in [6, 6.07) is 10.6. The molecule has 5 nitrogen and oxygen atoms in total. The Labute approximate surface area is 150 Å². The van der Waals surface area contributed by atoms with Crippen molar-refractivity contribution < 1.29 is 13.6 Å². The fourth-order valence-electron chi connectivity index (χ4n) is 2.64. The molecule has 0 saturated carbocycles. The van der Waals surface area contributed by atoms with Gasteiger partial charge in [0.2, 0.25) is 5.91 Å². The zero-order valence-electron chi connectivity index (χ0n) is 13.3. The van der Waals surface area contributed by atoms with E-state index in [1.165, 1.54) is 18.1 Å². The summed E-state index contributed by atoms with van der Waals surface area (Å²) >= 11 is 1.19. The average molecular weight is 370 g/mol. The first-order chi connectivity index (χ1) is 12.6. The zero-order valence-corrected chi connectivity index (χ0v) is 14.1. The molecule has 1 amide bonds. The second-order valence-corrected chi connectivity index (χ2v) is 6.50. The highest BCUT2D eigenvalue weighted by atomic mass is 32.2. The first kappa shape index (κ1) is 16.5. The van der Waals surface area contributed by atoms with Gasteiger partial charge in [-0.2, -0.15) is 0 Å². The van der Waals surface area contributed by atoms with E-state index < -0.39 is 17.5 Å². The van der Waals surface area contributed by atoms with Crippen LogP contribution in [0.15, 0.2) is 53.8 Å². The van der Waals surface area contributed by atoms with Crippen LogP contribution < -0.4 is 5.32 Å². The predicted octanol–water partition coefficient (Wildman–Crippen LogP) is 4.12. The van der Waals surface area contributed by atoms with Gasteiger partial charge in [0, 0.05) is 17.0 Å². The highest BCUT2D eigenvalue weighted by Crippen LogP contribution is 2.29. The molecular weight excluding hydrogens is 358 g/mol. The molecule has 26 heavy (non-hydrogen) atoms. The van der Waals surface area contributed by atoms with E-state index in [0.717, 1.165) is 40.1 Å². The summed E-state index contributed by atoms with van der Waals surface area (Å²) in [5, 5.41) is 3.95. The van der Waals surface area contributed by atoms with Crippen molar-refractivity contribution in [3.8, 4) is 0 Å². The molecule has 4 aromatic rings. The van der Waals surface area contributed by atoms with Crippen LogP contribution in [0.3, 0.4) is 0 Å². The fraction of sp³-hybridized carbons (Fsp3) is 0.0556. The van der Waals surface area contributed by atoms with Crippen LogP contribution in [-0.2, 0) is 4.79 Å². The lowest BCUT2D eigenvalue weighted by molar-refractivity contribution is -0.113. The number of H-pyrrole nitrogens is 1. The highest BCUT2D eigenvalue weighted by molar-refractivity contribution is 8.00. The van der Waals surface area contributed by atoms with Gasteiger partial charge in [-0.25, -0.2) is 18.7 Å². The molecule has 0 unspecified atom stereocenters. The zero-order chi connectivity index (χ0) is 18.1. The van der Waals surface area contributed by atoms with E-state index in [4.69, 9.17) is 0 Å². The molecule has 0 atom stereocenters. The van der Waals surface area contributed by atoms with Crippen LogP contribution in [0.25, 0.3) is 21.9 Å². The largest absolute Gasteiger partial charge is 0.351 e. The molecule has 4 rings (SSSR count). The molecule has 0 aliphatic rings. The van der Waals surface area contributed by atoms with E-state index in [9.17, 15) is 13.6 Å². The van der Waals surface area contributed by atoms with Crippen molar-refractivity contribution in [2.75, 3.05) is 11.1 Å². The summed E-state index contributed by atoms with van der Waals surface area (Å²) in [7, 11) is 0. The van der Waals surface area contributed by atoms with Crippen LogP contribution in [0.1, 0.15) is 0 Å². The topological polar surface area (TPSA) is 70.7 Å². The Morgan fingerprint density at radius 3 is 2.88 bits per heavy atom. The molecule has 0 saturated heterocycles. The molecule has 0 aliphatic heterocycles. The number of benzene rings is 2. The SMILES string of the molecule is O=C(CSc1ncnc2c1[nH]c1ccccc12)Nc1cc(F)ccc1F. The van der Waals surface area contributed by atoms with E-state index in [1.807, 2.05) is 24.3 Å². The standard InChI is InChI=1S/C18H12F2N4OS/c19-10-5-6-12(20)14(7-10)23-15(25)8-26-18-17-16(21-9-22-18)11-3-1-2-4-13(11)24-17/h1-7,9,24H,8H2,(H,23,25). The summed E-state index contributed by atoms with van der Waals surface area (Å²) in [6.45, 7) is 0. The molecule has 8 heteroatoms. The molecule has 0 spiro atoms. The molecule has 0 fully saturated rings. The van der Waals surface area contributed by atoms with Gasteiger partial charge < -0.3 is 10.3 Å². The lowest BCUT2D eigenvalue weighted by Gasteiger charge is -2.06. The lowest BCUT2D eigenvalue weighted by atomic mass is 10.2. The first-order valence-corrected chi connectivity index (χ1v) is 8.69. The minimum atomic E-state index is -0.690. The summed E-state index contributed by atoms with van der Waals surface area (Å²) in [5.74, 6) is -1.77. The first-order valence-electron chi connectivity index (χ1n) is 7.71. The van der Waals surface area contributed by atoms with Gasteiger partial charge in [-0.1, -0.05) is 30.0 Å². The number of carbonyl (C=O) groups excluding carboxylic acids is 1. The Hall–Kier alpha value is -3.00. The molecule has 130 valence electrons. The normalized spacial score (nSPS) is 11.2. The number of aromatic nitrogens is 3. The number of anilines is 1. The van der Waals surface area contributed by atoms with E-state index in [2.05, 4.69) is 20.3 Å². The van der Waals surface area contributed by atoms with E-state index >= 15 is 0 Å². The van der Waals surface area contributed by atoms with Crippen LogP contribution >= 0.6 is 11.8 Å². The van der Waals surface area contributed by atoms with Crippen molar-refractivity contribution in [2.24, 2.45) is 0 Å². The van der Waals surface area contributed by atoms with Crippen LogP contribution in [0.2, 0.25) is 0 Å². The van der Waals surface area contributed by atoms with Gasteiger partial charge >= 0.3 is 0 Å². The fourth-order valence-corrected chi connectivity index (χ4v) is 3.40. The maximum absolute atomic E-state index is 13.6. The molecular formula is C18H12F2N4OS. The summed E-state index contributed by atoms with van der Waals surface area (Å²) < 4.78 is 26.8. The molecule has 0 aliphatic carbocycles. The molecule has 0 radical (unpaired) electrons. The number of carbonyl (C=O) groups is 1. The molecule has 2 aromatic heterocycles. The van der Waals surface area contributed by atoms with Crippen LogP contribution in [0, 0.1) is 11.6 Å². The number of hydrogen-bond donors (Lipinski definition) is 2. The van der Waals surface area contributed by atoms with Crippen molar-refractivity contribution >= 4 is 45.3 Å². The number of para-hydroxylation sites is 1. The smallest absolute Gasteiger partial charge is 0.234 e. The van der Waals surface area contributed by atoms with Crippen molar-refractivity contribution in [1.29, 1.82) is 0 Å². The van der Waals surface area contributed by atoms with Gasteiger partial charge in [-0.05, 0) is 18.2 Å². The van der Waals surface area contributed by atoms with Gasteiger partial charge in [0.1, 0.15) is 28.5 Å². The number of fused-ring (bicyclic) bond motifs is 3. The van der Waals surface area contributed by atoms with Crippen LogP contribution in [-0.4, -0.2) is 26.6 Å². The van der Waals surface area contributed by atoms with Crippen molar-refractivity contribution in [3.63, 3.8) is 0 Å². The third-order valence-electron chi connectivity index (χ3n) is 3.80. The minimum Gasteiger partial charge on any atom is -0.351 e. The highest BCUT2D eigenvalue weighted by Gasteiger charge is 2.13. The van der Waals surface area contributed by atoms with Crippen LogP contribution in [0.5, 0.6) is 0 Å². The molecule has 2 heterocycles. The van der Waals surface area contributed by atoms with Gasteiger partial charge in [0.05, 0.1) is 17.0 Å². The maximum Gasteiger partial charge on any atom is 0.234 e. The maximum atomic E-state index is 13.6. The second-order valence-electron chi connectivity index (χ2n) is 5.53. The third kappa shape index (κ3) is 3.11. The number of nitrogens with one attached hydrogen (secondary N) is 2. The van der Waals surface area contributed by atoms with Gasteiger partial charge in [0.25, 0.3) is 0 Å². The van der Waals surface area contributed by atoms with Gasteiger partial charge in [-0.3, -0.25) is 4.79 Å². The van der Waals surface area contributed by atoms with Crippen molar-refractivity contribution in [2.45, 2.75) is 5.03 Å². The monoisotopic (exact) mass is 370 g/mol. The Morgan fingerprint density at radius 1 is 1.15 bits per heavy atom. The summed E-state index contributed by atoms with van der Waals surface area (Å²) in [6.07, 6.45) is 1.44. The Kier molecular flexibility index (Phi) is 4.26. The summed E-state index contributed by atoms with van der Waals surface area (Å²) in [5.41, 5.74) is 2.25. The number of hydrogen-bond acceptors (Lipinski definition) is 4. The Balaban J connectivity index is 1.54. The lowest BCUT2D eigenvalue weighted by Crippen LogP contribution is -2.15. The quantitative estimate of drug-likeness (QED) is 0.419. The molecule has 0 bridgehead atoms. The molecule has 2 N–H and O–H groups in total. The van der Waals surface area contributed by atoms with Gasteiger partial charge in [0.15, 0.2) is 0 Å². The summed E-state index contributed by atoms with van der Waals surface area (Å²) in [4.78, 5) is 23.9. The number of rotatable bonds is 4. The van der Waals surface area contributed by atoms with E-state index in [1.54, 1.807) is 0 Å². The van der Waals surface area contributed by atoms with Gasteiger partial charge in [-0.15, -0.1) is 0 Å². The van der Waals surface area contributed by atoms with Crippen LogP contribution in [0.4, 0.5) is 14.5 Å². The van der Waals surface area contributed by atoms with Crippen molar-refractivity contribution in [3.05, 3.63) is 60.4 Å². The average Bonchev–Trinajstić information content (AvgIpc) is 3.02. The minimum absolute atomic E-state index is 0.00255. The van der Waals surface area contributed by atoms with E-state index in [-0.39, 0.29) is 11.4 Å². The number of nitrogens with zero attached hydrogens (tertiary/aromatic N) is 2. The molecule has 2 aromatic carbocycles. The number of thioether (sulfide) groups is 1.